The Morgan fingerprint density at radius 3 is 2.57 bits per heavy atom. The van der Waals surface area contributed by atoms with Crippen molar-refractivity contribution in [2.24, 2.45) is 10.7 Å². The standard InChI is InChI=1S/C22H26N6O2/c1-3-9-28(10-4-2)22(30)17-11-15-5-6-16(12-19(15)27-20(23)13-17)21(29)26-18-7-8-24-25-14-18/h5-8,11-12,14H,3-4,9-10,13H2,1-2H3,(H2,23,27)(H,24,26,29). The molecule has 0 saturated carbocycles. The lowest BCUT2D eigenvalue weighted by Crippen LogP contribution is -2.34. The molecule has 2 aromatic rings. The number of benzene rings is 1. The van der Waals surface area contributed by atoms with Crippen molar-refractivity contribution in [1.29, 1.82) is 0 Å². The number of hydrogen-bond donors (Lipinski definition) is 2. The smallest absolute Gasteiger partial charge is 0.255 e. The number of amidine groups is 1. The molecule has 2 heterocycles. The van der Waals surface area contributed by atoms with Gasteiger partial charge in [-0.05, 0) is 37.1 Å². The molecule has 0 aliphatic carbocycles. The van der Waals surface area contributed by atoms with E-state index in [1.165, 1.54) is 12.4 Å². The molecule has 0 saturated heterocycles. The predicted octanol–water partition coefficient (Wildman–Crippen LogP) is 3.15. The van der Waals surface area contributed by atoms with Crippen molar-refractivity contribution in [3.05, 3.63) is 53.4 Å². The number of fused-ring (bicyclic) bond motifs is 1. The fraction of sp³-hybridized carbons (Fsp3) is 0.318. The molecule has 0 bridgehead atoms. The summed E-state index contributed by atoms with van der Waals surface area (Å²) in [5.74, 6) is 0.0371. The molecule has 8 nitrogen and oxygen atoms in total. The Kier molecular flexibility index (Phi) is 6.90. The van der Waals surface area contributed by atoms with Crippen molar-refractivity contribution in [1.82, 2.24) is 15.1 Å². The Balaban J connectivity index is 1.87. The van der Waals surface area contributed by atoms with Crippen molar-refractivity contribution in [2.75, 3.05) is 18.4 Å². The third-order valence-corrected chi connectivity index (χ3v) is 4.65. The van der Waals surface area contributed by atoms with Crippen LogP contribution in [-0.2, 0) is 4.79 Å². The van der Waals surface area contributed by atoms with E-state index in [-0.39, 0.29) is 18.2 Å². The van der Waals surface area contributed by atoms with Crippen LogP contribution in [0.25, 0.3) is 6.08 Å². The van der Waals surface area contributed by atoms with Gasteiger partial charge in [-0.1, -0.05) is 19.9 Å². The first-order valence-electron chi connectivity index (χ1n) is 10.1. The molecule has 30 heavy (non-hydrogen) atoms. The second-order valence-corrected chi connectivity index (χ2v) is 7.10. The first-order chi connectivity index (χ1) is 14.5. The normalized spacial score (nSPS) is 12.9. The number of rotatable bonds is 7. The van der Waals surface area contributed by atoms with E-state index in [0.717, 1.165) is 18.4 Å². The zero-order valence-corrected chi connectivity index (χ0v) is 17.3. The Morgan fingerprint density at radius 2 is 1.90 bits per heavy atom. The molecule has 1 aliphatic heterocycles. The van der Waals surface area contributed by atoms with E-state index >= 15 is 0 Å². The fourth-order valence-corrected chi connectivity index (χ4v) is 3.29. The average Bonchev–Trinajstić information content (AvgIpc) is 2.91. The maximum absolute atomic E-state index is 13.0. The van der Waals surface area contributed by atoms with Gasteiger partial charge in [0.05, 0.1) is 23.8 Å². The summed E-state index contributed by atoms with van der Waals surface area (Å²) in [6.45, 7) is 5.52. The number of nitrogens with one attached hydrogen (secondary N) is 1. The molecule has 1 aromatic carbocycles. The highest BCUT2D eigenvalue weighted by molar-refractivity contribution is 6.07. The first kappa shape index (κ1) is 21.2. The van der Waals surface area contributed by atoms with E-state index in [2.05, 4.69) is 34.4 Å². The summed E-state index contributed by atoms with van der Waals surface area (Å²) >= 11 is 0. The van der Waals surface area contributed by atoms with Crippen molar-refractivity contribution in [3.8, 4) is 0 Å². The van der Waals surface area contributed by atoms with Gasteiger partial charge in [-0.25, -0.2) is 4.99 Å². The summed E-state index contributed by atoms with van der Waals surface area (Å²) in [7, 11) is 0. The summed E-state index contributed by atoms with van der Waals surface area (Å²) in [4.78, 5) is 31.9. The van der Waals surface area contributed by atoms with Crippen LogP contribution in [0.5, 0.6) is 0 Å². The molecule has 3 N–H and O–H groups in total. The van der Waals surface area contributed by atoms with Crippen LogP contribution in [-0.4, -0.2) is 45.8 Å². The molecular weight excluding hydrogens is 380 g/mol. The summed E-state index contributed by atoms with van der Waals surface area (Å²) in [6.07, 6.45) is 6.86. The number of carbonyl (C=O) groups excluding carboxylic acids is 2. The largest absolute Gasteiger partial charge is 0.387 e. The SMILES string of the molecule is CCCN(CCC)C(=O)C1=Cc2ccc(C(=O)Nc3ccnnc3)cc2N=C(N)C1. The topological polar surface area (TPSA) is 114 Å². The summed E-state index contributed by atoms with van der Waals surface area (Å²) in [5.41, 5.74) is 9.01. The maximum Gasteiger partial charge on any atom is 0.255 e. The Labute approximate surface area is 175 Å². The van der Waals surface area contributed by atoms with Gasteiger partial charge >= 0.3 is 0 Å². The average molecular weight is 406 g/mol. The van der Waals surface area contributed by atoms with Crippen LogP contribution < -0.4 is 11.1 Å². The van der Waals surface area contributed by atoms with E-state index in [4.69, 9.17) is 5.73 Å². The molecule has 0 spiro atoms. The highest BCUT2D eigenvalue weighted by atomic mass is 16.2. The highest BCUT2D eigenvalue weighted by Gasteiger charge is 2.21. The van der Waals surface area contributed by atoms with Crippen molar-refractivity contribution >= 4 is 35.1 Å². The van der Waals surface area contributed by atoms with Gasteiger partial charge in [-0.3, -0.25) is 9.59 Å². The molecule has 0 fully saturated rings. The molecule has 1 aromatic heterocycles. The van der Waals surface area contributed by atoms with E-state index in [0.29, 0.717) is 41.4 Å². The second-order valence-electron chi connectivity index (χ2n) is 7.10. The van der Waals surface area contributed by atoms with Crippen LogP contribution in [0.2, 0.25) is 0 Å². The van der Waals surface area contributed by atoms with E-state index < -0.39 is 0 Å². The maximum atomic E-state index is 13.0. The minimum atomic E-state index is -0.291. The van der Waals surface area contributed by atoms with Gasteiger partial charge in [-0.15, -0.1) is 0 Å². The van der Waals surface area contributed by atoms with Crippen LogP contribution >= 0.6 is 0 Å². The molecule has 0 atom stereocenters. The van der Waals surface area contributed by atoms with E-state index in [1.807, 2.05) is 11.0 Å². The van der Waals surface area contributed by atoms with E-state index in [9.17, 15) is 9.59 Å². The van der Waals surface area contributed by atoms with Gasteiger partial charge in [0.15, 0.2) is 0 Å². The van der Waals surface area contributed by atoms with Gasteiger partial charge in [-0.2, -0.15) is 10.2 Å². The minimum Gasteiger partial charge on any atom is -0.387 e. The molecule has 0 radical (unpaired) electrons. The van der Waals surface area contributed by atoms with Gasteiger partial charge in [0.25, 0.3) is 5.91 Å². The lowest BCUT2D eigenvalue weighted by Gasteiger charge is -2.22. The zero-order valence-electron chi connectivity index (χ0n) is 17.3. The van der Waals surface area contributed by atoms with Crippen molar-refractivity contribution in [2.45, 2.75) is 33.1 Å². The van der Waals surface area contributed by atoms with Crippen molar-refractivity contribution in [3.63, 3.8) is 0 Å². The molecular formula is C22H26N6O2. The molecule has 2 amide bonds. The Morgan fingerprint density at radius 1 is 1.13 bits per heavy atom. The van der Waals surface area contributed by atoms with Gasteiger partial charge in [0, 0.05) is 36.2 Å². The van der Waals surface area contributed by atoms with Crippen LogP contribution in [0, 0.1) is 0 Å². The van der Waals surface area contributed by atoms with Crippen LogP contribution in [0.3, 0.4) is 0 Å². The molecule has 0 unspecified atom stereocenters. The number of carbonyl (C=O) groups is 2. The highest BCUT2D eigenvalue weighted by Crippen LogP contribution is 2.28. The van der Waals surface area contributed by atoms with E-state index in [1.54, 1.807) is 24.3 Å². The minimum absolute atomic E-state index is 0.0169. The number of aromatic nitrogens is 2. The second kappa shape index (κ2) is 9.78. The monoisotopic (exact) mass is 406 g/mol. The number of nitrogens with two attached hydrogens (primary N) is 1. The summed E-state index contributed by atoms with van der Waals surface area (Å²) in [6, 6.07) is 6.82. The number of hydrogen-bond acceptors (Lipinski definition) is 6. The lowest BCUT2D eigenvalue weighted by atomic mass is 10.0. The Bertz CT molecular complexity index is 978. The molecule has 1 aliphatic rings. The third kappa shape index (κ3) is 5.08. The Hall–Kier alpha value is -3.55. The van der Waals surface area contributed by atoms with Gasteiger partial charge < -0.3 is 16.0 Å². The number of anilines is 1. The number of amides is 2. The van der Waals surface area contributed by atoms with Crippen LogP contribution in [0.15, 0.2) is 47.2 Å². The van der Waals surface area contributed by atoms with Crippen molar-refractivity contribution < 1.29 is 9.59 Å². The van der Waals surface area contributed by atoms with Gasteiger partial charge in [0.1, 0.15) is 5.84 Å². The molecule has 3 rings (SSSR count). The third-order valence-electron chi connectivity index (χ3n) is 4.65. The lowest BCUT2D eigenvalue weighted by molar-refractivity contribution is -0.127. The molecule has 156 valence electrons. The number of nitrogens with zero attached hydrogens (tertiary/aromatic N) is 4. The summed E-state index contributed by atoms with van der Waals surface area (Å²) in [5, 5.41) is 10.2. The van der Waals surface area contributed by atoms with Crippen LogP contribution in [0.4, 0.5) is 11.4 Å². The van der Waals surface area contributed by atoms with Gasteiger partial charge in [0.2, 0.25) is 5.91 Å². The first-order valence-corrected chi connectivity index (χ1v) is 10.1. The quantitative estimate of drug-likeness (QED) is 0.733. The summed E-state index contributed by atoms with van der Waals surface area (Å²) < 4.78 is 0. The van der Waals surface area contributed by atoms with Crippen LogP contribution in [0.1, 0.15) is 49.0 Å². The number of aliphatic imine (C=N–C) groups is 1. The fourth-order valence-electron chi connectivity index (χ4n) is 3.29. The predicted molar refractivity (Wildman–Crippen MR) is 117 cm³/mol. The molecule has 8 heteroatoms. The zero-order chi connectivity index (χ0) is 21.5.